The number of methoxy groups -OCH3 is 2. The second kappa shape index (κ2) is 7.41. The molecular formula is C20H21N3O4. The molecule has 0 saturated heterocycles. The minimum absolute atomic E-state index is 0.594. The number of pyridine rings is 1. The van der Waals surface area contributed by atoms with E-state index in [9.17, 15) is 4.79 Å². The van der Waals surface area contributed by atoms with E-state index in [1.54, 1.807) is 32.5 Å². The number of ether oxygens (including phenoxy) is 3. The van der Waals surface area contributed by atoms with Crippen LogP contribution in [0.4, 0.5) is 10.5 Å². The Labute approximate surface area is 157 Å². The summed E-state index contributed by atoms with van der Waals surface area (Å²) < 4.78 is 16.9. The summed E-state index contributed by atoms with van der Waals surface area (Å²) in [6.45, 7) is 3.77. The van der Waals surface area contributed by atoms with Crippen LogP contribution >= 0.6 is 0 Å². The third-order valence-corrected chi connectivity index (χ3v) is 4.21. The number of fused-ring (bicyclic) bond motifs is 1. The monoisotopic (exact) mass is 367 g/mol. The molecule has 0 fully saturated rings. The van der Waals surface area contributed by atoms with Gasteiger partial charge in [-0.15, -0.1) is 0 Å². The lowest BCUT2D eigenvalue weighted by molar-refractivity contribution is 0.259. The van der Waals surface area contributed by atoms with Gasteiger partial charge in [0.1, 0.15) is 11.5 Å². The maximum atomic E-state index is 11.1. The fraction of sp³-hybridized carbons (Fsp3) is 0.200. The van der Waals surface area contributed by atoms with Crippen molar-refractivity contribution in [2.24, 2.45) is 5.73 Å². The summed E-state index contributed by atoms with van der Waals surface area (Å²) in [6, 6.07) is 8.50. The van der Waals surface area contributed by atoms with Crippen LogP contribution in [0.3, 0.4) is 0 Å². The molecule has 3 aromatic rings. The molecule has 0 aliphatic heterocycles. The lowest BCUT2D eigenvalue weighted by atomic mass is 10.1. The molecule has 0 bridgehead atoms. The van der Waals surface area contributed by atoms with Gasteiger partial charge in [-0.25, -0.2) is 4.79 Å². The topological polar surface area (TPSA) is 95.7 Å². The first-order chi connectivity index (χ1) is 12.9. The fourth-order valence-electron chi connectivity index (χ4n) is 2.82. The van der Waals surface area contributed by atoms with Crippen molar-refractivity contribution >= 4 is 22.6 Å². The number of urea groups is 1. The van der Waals surface area contributed by atoms with Crippen LogP contribution in [0.1, 0.15) is 11.1 Å². The standard InChI is InChI=1S/C20H21N3O4/c1-11-8-17(12(2)7-14(11)23-20(21)24)27-16-5-6-22-15-10-19(26-4)18(25-3)9-13(15)16/h5-10H,1-4H3,(H3,21,23,24). The number of benzene rings is 2. The summed E-state index contributed by atoms with van der Waals surface area (Å²) in [5.41, 5.74) is 8.28. The molecule has 3 rings (SSSR count). The van der Waals surface area contributed by atoms with Crippen molar-refractivity contribution in [2.75, 3.05) is 19.5 Å². The smallest absolute Gasteiger partial charge is 0.316 e. The Morgan fingerprint density at radius 3 is 2.33 bits per heavy atom. The highest BCUT2D eigenvalue weighted by Gasteiger charge is 2.13. The Morgan fingerprint density at radius 2 is 1.67 bits per heavy atom. The average Bonchev–Trinajstić information content (AvgIpc) is 2.64. The van der Waals surface area contributed by atoms with Crippen molar-refractivity contribution in [1.29, 1.82) is 0 Å². The zero-order valence-electron chi connectivity index (χ0n) is 15.6. The molecule has 0 aliphatic rings. The molecule has 0 spiro atoms. The number of nitrogens with one attached hydrogen (secondary N) is 1. The van der Waals surface area contributed by atoms with E-state index in [4.69, 9.17) is 19.9 Å². The lowest BCUT2D eigenvalue weighted by Gasteiger charge is -2.15. The zero-order valence-corrected chi connectivity index (χ0v) is 15.6. The SMILES string of the molecule is COc1cc2nccc(Oc3cc(C)c(NC(N)=O)cc3C)c2cc1OC. The summed E-state index contributed by atoms with van der Waals surface area (Å²) in [7, 11) is 3.16. The Morgan fingerprint density at radius 1 is 0.963 bits per heavy atom. The summed E-state index contributed by atoms with van der Waals surface area (Å²) in [4.78, 5) is 15.5. The predicted octanol–water partition coefficient (Wildman–Crippen LogP) is 4.15. The van der Waals surface area contributed by atoms with Gasteiger partial charge in [-0.1, -0.05) is 0 Å². The third-order valence-electron chi connectivity index (χ3n) is 4.21. The molecule has 0 atom stereocenters. The first-order valence-electron chi connectivity index (χ1n) is 8.29. The van der Waals surface area contributed by atoms with Gasteiger partial charge in [-0.05, 0) is 49.2 Å². The minimum atomic E-state index is -0.604. The van der Waals surface area contributed by atoms with Crippen LogP contribution in [-0.4, -0.2) is 25.2 Å². The number of aryl methyl sites for hydroxylation is 2. The quantitative estimate of drug-likeness (QED) is 0.706. The van der Waals surface area contributed by atoms with E-state index in [0.717, 1.165) is 22.0 Å². The molecule has 27 heavy (non-hydrogen) atoms. The van der Waals surface area contributed by atoms with Gasteiger partial charge in [-0.2, -0.15) is 0 Å². The molecule has 0 radical (unpaired) electrons. The molecule has 1 aromatic heterocycles. The first-order valence-corrected chi connectivity index (χ1v) is 8.29. The number of rotatable bonds is 5. The van der Waals surface area contributed by atoms with Crippen LogP contribution < -0.4 is 25.3 Å². The Bertz CT molecular complexity index is 1020. The first kappa shape index (κ1) is 18.3. The van der Waals surface area contributed by atoms with Crippen LogP contribution in [0.25, 0.3) is 10.9 Å². The van der Waals surface area contributed by atoms with Gasteiger partial charge in [0.15, 0.2) is 11.5 Å². The van der Waals surface area contributed by atoms with Gasteiger partial charge in [-0.3, -0.25) is 4.98 Å². The Kier molecular flexibility index (Phi) is 5.03. The number of amides is 2. The van der Waals surface area contributed by atoms with E-state index >= 15 is 0 Å². The number of carbonyl (C=O) groups excluding carboxylic acids is 1. The van der Waals surface area contributed by atoms with Crippen LogP contribution in [0, 0.1) is 13.8 Å². The summed E-state index contributed by atoms with van der Waals surface area (Å²) in [6.07, 6.45) is 1.68. The van der Waals surface area contributed by atoms with Crippen LogP contribution in [0.5, 0.6) is 23.0 Å². The van der Waals surface area contributed by atoms with E-state index in [-0.39, 0.29) is 0 Å². The molecule has 0 aliphatic carbocycles. The van der Waals surface area contributed by atoms with Crippen LogP contribution in [-0.2, 0) is 0 Å². The predicted molar refractivity (Wildman–Crippen MR) is 104 cm³/mol. The molecule has 7 nitrogen and oxygen atoms in total. The summed E-state index contributed by atoms with van der Waals surface area (Å²) >= 11 is 0. The van der Waals surface area contributed by atoms with Crippen molar-refractivity contribution in [3.8, 4) is 23.0 Å². The van der Waals surface area contributed by atoms with Crippen molar-refractivity contribution < 1.29 is 19.0 Å². The second-order valence-corrected chi connectivity index (χ2v) is 6.06. The zero-order chi connectivity index (χ0) is 19.6. The van der Waals surface area contributed by atoms with Gasteiger partial charge in [0.05, 0.1) is 19.7 Å². The van der Waals surface area contributed by atoms with Gasteiger partial charge in [0, 0.05) is 23.3 Å². The maximum Gasteiger partial charge on any atom is 0.316 e. The molecule has 3 N–H and O–H groups in total. The second-order valence-electron chi connectivity index (χ2n) is 6.06. The Balaban J connectivity index is 2.04. The number of aromatic nitrogens is 1. The molecule has 0 unspecified atom stereocenters. The Hall–Kier alpha value is -3.48. The van der Waals surface area contributed by atoms with Gasteiger partial charge in [0.25, 0.3) is 0 Å². The van der Waals surface area contributed by atoms with Gasteiger partial charge < -0.3 is 25.3 Å². The highest BCUT2D eigenvalue weighted by molar-refractivity contribution is 5.90. The number of primary amides is 1. The van der Waals surface area contributed by atoms with Crippen molar-refractivity contribution in [3.63, 3.8) is 0 Å². The van der Waals surface area contributed by atoms with Crippen LogP contribution in [0.2, 0.25) is 0 Å². The molecular weight excluding hydrogens is 346 g/mol. The van der Waals surface area contributed by atoms with E-state index in [1.165, 1.54) is 0 Å². The largest absolute Gasteiger partial charge is 0.493 e. The third kappa shape index (κ3) is 3.72. The van der Waals surface area contributed by atoms with E-state index in [2.05, 4.69) is 10.3 Å². The van der Waals surface area contributed by atoms with E-state index in [1.807, 2.05) is 32.0 Å². The number of hydrogen-bond acceptors (Lipinski definition) is 5. The van der Waals surface area contributed by atoms with E-state index < -0.39 is 6.03 Å². The highest BCUT2D eigenvalue weighted by atomic mass is 16.5. The van der Waals surface area contributed by atoms with Gasteiger partial charge in [0.2, 0.25) is 0 Å². The molecule has 2 aromatic carbocycles. The number of carbonyl (C=O) groups is 1. The molecule has 1 heterocycles. The molecule has 7 heteroatoms. The number of anilines is 1. The molecule has 2 amide bonds. The average molecular weight is 367 g/mol. The van der Waals surface area contributed by atoms with Gasteiger partial charge >= 0.3 is 6.03 Å². The van der Waals surface area contributed by atoms with Crippen LogP contribution in [0.15, 0.2) is 36.5 Å². The number of nitrogens with two attached hydrogens (primary N) is 1. The summed E-state index contributed by atoms with van der Waals surface area (Å²) in [5, 5.41) is 3.40. The van der Waals surface area contributed by atoms with Crippen molar-refractivity contribution in [1.82, 2.24) is 4.98 Å². The van der Waals surface area contributed by atoms with Crippen molar-refractivity contribution in [2.45, 2.75) is 13.8 Å². The minimum Gasteiger partial charge on any atom is -0.493 e. The number of nitrogens with zero attached hydrogens (tertiary/aromatic N) is 1. The number of hydrogen-bond donors (Lipinski definition) is 2. The highest BCUT2D eigenvalue weighted by Crippen LogP contribution is 2.38. The molecule has 0 saturated carbocycles. The normalized spacial score (nSPS) is 10.5. The lowest BCUT2D eigenvalue weighted by Crippen LogP contribution is -2.19. The fourth-order valence-corrected chi connectivity index (χ4v) is 2.82. The summed E-state index contributed by atoms with van der Waals surface area (Å²) in [5.74, 6) is 2.50. The molecule has 140 valence electrons. The van der Waals surface area contributed by atoms with Crippen molar-refractivity contribution in [3.05, 3.63) is 47.7 Å². The maximum absolute atomic E-state index is 11.1. The van der Waals surface area contributed by atoms with E-state index in [0.29, 0.717) is 28.7 Å².